The molecule has 3 aromatic rings. The van der Waals surface area contributed by atoms with Gasteiger partial charge in [-0.25, -0.2) is 9.50 Å². The zero-order valence-corrected chi connectivity index (χ0v) is 8.32. The summed E-state index contributed by atoms with van der Waals surface area (Å²) in [5.41, 5.74) is 0. The van der Waals surface area contributed by atoms with Gasteiger partial charge in [-0.05, 0) is 18.2 Å². The van der Waals surface area contributed by atoms with Crippen LogP contribution >= 0.6 is 0 Å². The molecule has 0 aliphatic carbocycles. The molecule has 16 heavy (non-hydrogen) atoms. The Bertz CT molecular complexity index is 572. The van der Waals surface area contributed by atoms with E-state index in [1.807, 2.05) is 30.3 Å². The average Bonchev–Trinajstić information content (AvgIpc) is 2.72. The molecule has 0 amide bonds. The van der Waals surface area contributed by atoms with Crippen molar-refractivity contribution in [2.45, 2.75) is 0 Å². The van der Waals surface area contributed by atoms with E-state index >= 15 is 0 Å². The summed E-state index contributed by atoms with van der Waals surface area (Å²) < 4.78 is 7.05. The summed E-state index contributed by atoms with van der Waals surface area (Å²) in [6, 6.07) is 11.5. The van der Waals surface area contributed by atoms with Gasteiger partial charge in [-0.2, -0.15) is 4.98 Å². The molecule has 0 saturated heterocycles. The molecule has 0 N–H and O–H groups in total. The lowest BCUT2D eigenvalue weighted by Crippen LogP contribution is -1.88. The molecule has 0 aliphatic heterocycles. The van der Waals surface area contributed by atoms with Crippen LogP contribution in [0.1, 0.15) is 0 Å². The van der Waals surface area contributed by atoms with Gasteiger partial charge in [0.2, 0.25) is 0 Å². The third kappa shape index (κ3) is 1.58. The minimum absolute atomic E-state index is 0.296. The van der Waals surface area contributed by atoms with Crippen LogP contribution in [0.4, 0.5) is 0 Å². The van der Waals surface area contributed by atoms with Crippen LogP contribution in [0.3, 0.4) is 0 Å². The maximum absolute atomic E-state index is 5.48. The molecule has 0 aliphatic rings. The standard InChI is InChI=1S/C11H8N4O/c1-2-5-9(6-3-1)16-11-13-10-12-7-4-8-15(10)14-11/h1-8H. The molecule has 1 aromatic carbocycles. The second kappa shape index (κ2) is 3.62. The van der Waals surface area contributed by atoms with Crippen LogP contribution in [0.25, 0.3) is 5.78 Å². The van der Waals surface area contributed by atoms with Gasteiger partial charge in [-0.15, -0.1) is 5.10 Å². The molecule has 0 fully saturated rings. The van der Waals surface area contributed by atoms with E-state index in [4.69, 9.17) is 4.74 Å². The van der Waals surface area contributed by atoms with Gasteiger partial charge in [-0.3, -0.25) is 0 Å². The maximum atomic E-state index is 5.48. The number of fused-ring (bicyclic) bond motifs is 1. The van der Waals surface area contributed by atoms with Crippen molar-refractivity contribution in [2.75, 3.05) is 0 Å². The van der Waals surface area contributed by atoms with Crippen LogP contribution < -0.4 is 4.74 Å². The molecule has 0 atom stereocenters. The van der Waals surface area contributed by atoms with Crippen LogP contribution in [0, 0.1) is 0 Å². The quantitative estimate of drug-likeness (QED) is 0.651. The number of rotatable bonds is 2. The van der Waals surface area contributed by atoms with Crippen molar-refractivity contribution < 1.29 is 4.74 Å². The molecule has 5 nitrogen and oxygen atoms in total. The Morgan fingerprint density at radius 1 is 1.06 bits per heavy atom. The van der Waals surface area contributed by atoms with E-state index in [0.717, 1.165) is 0 Å². The predicted molar refractivity (Wildman–Crippen MR) is 57.3 cm³/mol. The van der Waals surface area contributed by atoms with Crippen molar-refractivity contribution in [2.24, 2.45) is 0 Å². The van der Waals surface area contributed by atoms with Gasteiger partial charge < -0.3 is 4.74 Å². The normalized spacial score (nSPS) is 10.5. The number of benzene rings is 1. The summed E-state index contributed by atoms with van der Waals surface area (Å²) in [5, 5.41) is 4.13. The van der Waals surface area contributed by atoms with E-state index in [2.05, 4.69) is 15.1 Å². The number of para-hydroxylation sites is 1. The Hall–Kier alpha value is -2.43. The number of hydrogen-bond acceptors (Lipinski definition) is 4. The molecule has 0 bridgehead atoms. The SMILES string of the molecule is c1ccc(Oc2nc3ncccn3n2)cc1. The summed E-state index contributed by atoms with van der Waals surface area (Å²) in [4.78, 5) is 8.18. The second-order valence-electron chi connectivity index (χ2n) is 3.17. The number of ether oxygens (including phenoxy) is 1. The van der Waals surface area contributed by atoms with Crippen LogP contribution in [0.5, 0.6) is 11.8 Å². The molecule has 0 saturated carbocycles. The van der Waals surface area contributed by atoms with E-state index in [0.29, 0.717) is 17.5 Å². The molecular weight excluding hydrogens is 204 g/mol. The first-order valence-corrected chi connectivity index (χ1v) is 4.82. The van der Waals surface area contributed by atoms with Gasteiger partial charge in [0, 0.05) is 12.4 Å². The second-order valence-corrected chi connectivity index (χ2v) is 3.17. The Labute approximate surface area is 91.3 Å². The van der Waals surface area contributed by atoms with Gasteiger partial charge in [-0.1, -0.05) is 18.2 Å². The molecule has 2 aromatic heterocycles. The van der Waals surface area contributed by atoms with Crippen molar-refractivity contribution in [3.8, 4) is 11.8 Å². The number of hydrogen-bond donors (Lipinski definition) is 0. The van der Waals surface area contributed by atoms with Crippen molar-refractivity contribution >= 4 is 5.78 Å². The highest BCUT2D eigenvalue weighted by molar-refractivity contribution is 5.29. The Kier molecular flexibility index (Phi) is 2.00. The van der Waals surface area contributed by atoms with Gasteiger partial charge in [0.1, 0.15) is 5.75 Å². The van der Waals surface area contributed by atoms with Gasteiger partial charge >= 0.3 is 6.01 Å². The largest absolute Gasteiger partial charge is 0.423 e. The Balaban J connectivity index is 1.95. The van der Waals surface area contributed by atoms with Gasteiger partial charge in [0.05, 0.1) is 0 Å². The topological polar surface area (TPSA) is 52.3 Å². The third-order valence-corrected chi connectivity index (χ3v) is 2.05. The molecule has 0 unspecified atom stereocenters. The van der Waals surface area contributed by atoms with Crippen molar-refractivity contribution in [1.29, 1.82) is 0 Å². The third-order valence-electron chi connectivity index (χ3n) is 2.05. The van der Waals surface area contributed by atoms with Gasteiger partial charge in [0.15, 0.2) is 0 Å². The lowest BCUT2D eigenvalue weighted by atomic mass is 10.3. The fraction of sp³-hybridized carbons (Fsp3) is 0. The minimum Gasteiger partial charge on any atom is -0.423 e. The van der Waals surface area contributed by atoms with E-state index < -0.39 is 0 Å². The van der Waals surface area contributed by atoms with Crippen LogP contribution in [-0.4, -0.2) is 19.6 Å². The first kappa shape index (κ1) is 8.84. The van der Waals surface area contributed by atoms with Crippen molar-refractivity contribution in [3.05, 3.63) is 48.8 Å². The molecule has 2 heterocycles. The molecule has 0 radical (unpaired) electrons. The van der Waals surface area contributed by atoms with E-state index in [-0.39, 0.29) is 0 Å². The minimum atomic E-state index is 0.296. The van der Waals surface area contributed by atoms with Gasteiger partial charge in [0.25, 0.3) is 5.78 Å². The smallest absolute Gasteiger partial charge is 0.343 e. The lowest BCUT2D eigenvalue weighted by Gasteiger charge is -1.97. The first-order valence-electron chi connectivity index (χ1n) is 4.82. The number of aromatic nitrogens is 4. The highest BCUT2D eigenvalue weighted by Gasteiger charge is 2.05. The molecular formula is C11H8N4O. The lowest BCUT2D eigenvalue weighted by molar-refractivity contribution is 0.442. The maximum Gasteiger partial charge on any atom is 0.343 e. The number of nitrogens with zero attached hydrogens (tertiary/aromatic N) is 4. The predicted octanol–water partition coefficient (Wildman–Crippen LogP) is 1.92. The van der Waals surface area contributed by atoms with Crippen LogP contribution in [0.15, 0.2) is 48.8 Å². The fourth-order valence-electron chi connectivity index (χ4n) is 1.35. The fourth-order valence-corrected chi connectivity index (χ4v) is 1.35. The van der Waals surface area contributed by atoms with E-state index in [1.165, 1.54) is 0 Å². The summed E-state index contributed by atoms with van der Waals surface area (Å²) in [6.07, 6.45) is 3.43. The van der Waals surface area contributed by atoms with Crippen molar-refractivity contribution in [3.63, 3.8) is 0 Å². The molecule has 78 valence electrons. The monoisotopic (exact) mass is 212 g/mol. The van der Waals surface area contributed by atoms with E-state index in [1.54, 1.807) is 23.0 Å². The molecule has 0 spiro atoms. The summed E-state index contributed by atoms with van der Waals surface area (Å²) in [7, 11) is 0. The zero-order valence-electron chi connectivity index (χ0n) is 8.32. The summed E-state index contributed by atoms with van der Waals surface area (Å²) in [5.74, 6) is 1.23. The van der Waals surface area contributed by atoms with Crippen LogP contribution in [0.2, 0.25) is 0 Å². The average molecular weight is 212 g/mol. The zero-order chi connectivity index (χ0) is 10.8. The highest BCUT2D eigenvalue weighted by atomic mass is 16.5. The van der Waals surface area contributed by atoms with E-state index in [9.17, 15) is 0 Å². The summed E-state index contributed by atoms with van der Waals surface area (Å²) in [6.45, 7) is 0. The highest BCUT2D eigenvalue weighted by Crippen LogP contribution is 2.16. The molecule has 5 heteroatoms. The Morgan fingerprint density at radius 3 is 2.75 bits per heavy atom. The van der Waals surface area contributed by atoms with Crippen LogP contribution in [-0.2, 0) is 0 Å². The Morgan fingerprint density at radius 2 is 1.94 bits per heavy atom. The van der Waals surface area contributed by atoms with Crippen molar-refractivity contribution in [1.82, 2.24) is 19.6 Å². The molecule has 3 rings (SSSR count). The summed E-state index contributed by atoms with van der Waals surface area (Å²) >= 11 is 0. The first-order chi connectivity index (χ1) is 7.92.